The monoisotopic (exact) mass is 381 g/mol. The quantitative estimate of drug-likeness (QED) is 0.757. The number of carbonyl (C=O) groups excluding carboxylic acids is 1. The van der Waals surface area contributed by atoms with E-state index < -0.39 is 16.1 Å². The highest BCUT2D eigenvalue weighted by Crippen LogP contribution is 2.27. The minimum absolute atomic E-state index is 0.124. The molecule has 2 aliphatic heterocycles. The molecule has 7 nitrogen and oxygen atoms in total. The molecule has 1 aromatic rings. The third-order valence-electron chi connectivity index (χ3n) is 5.29. The van der Waals surface area contributed by atoms with E-state index in [4.69, 9.17) is 4.74 Å². The Morgan fingerprint density at radius 2 is 1.77 bits per heavy atom. The van der Waals surface area contributed by atoms with Gasteiger partial charge < -0.3 is 15.0 Å². The van der Waals surface area contributed by atoms with Crippen molar-refractivity contribution in [2.75, 3.05) is 33.3 Å². The lowest BCUT2D eigenvalue weighted by atomic mass is 10.0. The van der Waals surface area contributed by atoms with Crippen molar-refractivity contribution in [2.24, 2.45) is 17.8 Å². The third-order valence-corrected chi connectivity index (χ3v) is 6.74. The zero-order valence-electron chi connectivity index (χ0n) is 15.4. The summed E-state index contributed by atoms with van der Waals surface area (Å²) >= 11 is 0. The molecule has 3 atom stereocenters. The van der Waals surface area contributed by atoms with E-state index in [0.717, 1.165) is 13.1 Å². The normalized spacial score (nSPS) is 23.9. The van der Waals surface area contributed by atoms with Gasteiger partial charge in [0.1, 0.15) is 11.8 Å². The number of likely N-dealkylation sites (tertiary alicyclic amines) is 1. The fourth-order valence-corrected chi connectivity index (χ4v) is 5.03. The standard InChI is InChI=1S/C18H27N3O4S/c1-12(2)17(18(22)21-10-13-8-19-9-14(13)11-21)20-26(23,24)16-6-4-15(25-3)5-7-16/h4-7,12-14,17,19-20H,8-11H2,1-3H3/t13-,14+,17?. The second-order valence-electron chi connectivity index (χ2n) is 7.44. The zero-order valence-corrected chi connectivity index (χ0v) is 16.3. The SMILES string of the molecule is COc1ccc(S(=O)(=O)NC(C(=O)N2C[C@H]3CNC[C@H]3C2)C(C)C)cc1. The van der Waals surface area contributed by atoms with Crippen LogP contribution in [0.25, 0.3) is 0 Å². The Bertz CT molecular complexity index is 736. The highest BCUT2D eigenvalue weighted by molar-refractivity contribution is 7.89. The Balaban J connectivity index is 1.74. The minimum Gasteiger partial charge on any atom is -0.497 e. The molecule has 0 saturated carbocycles. The molecule has 0 aromatic heterocycles. The van der Waals surface area contributed by atoms with Crippen molar-refractivity contribution in [3.8, 4) is 5.75 Å². The second kappa shape index (κ2) is 7.54. The topological polar surface area (TPSA) is 87.7 Å². The van der Waals surface area contributed by atoms with Gasteiger partial charge in [0.2, 0.25) is 15.9 Å². The molecule has 2 saturated heterocycles. The molecule has 2 fully saturated rings. The Morgan fingerprint density at radius 3 is 2.27 bits per heavy atom. The number of amides is 1. The van der Waals surface area contributed by atoms with Gasteiger partial charge in [0.05, 0.1) is 12.0 Å². The van der Waals surface area contributed by atoms with Crippen molar-refractivity contribution in [2.45, 2.75) is 24.8 Å². The number of hydrogen-bond acceptors (Lipinski definition) is 5. The molecule has 0 radical (unpaired) electrons. The predicted molar refractivity (Wildman–Crippen MR) is 98.4 cm³/mol. The highest BCUT2D eigenvalue weighted by Gasteiger charge is 2.41. The van der Waals surface area contributed by atoms with E-state index in [1.54, 1.807) is 12.1 Å². The molecule has 2 heterocycles. The van der Waals surface area contributed by atoms with Gasteiger partial charge in [-0.1, -0.05) is 13.8 Å². The van der Waals surface area contributed by atoms with E-state index in [1.807, 2.05) is 18.7 Å². The molecule has 2 aliphatic rings. The second-order valence-corrected chi connectivity index (χ2v) is 9.15. The van der Waals surface area contributed by atoms with E-state index in [0.29, 0.717) is 30.7 Å². The average molecular weight is 381 g/mol. The largest absolute Gasteiger partial charge is 0.497 e. The summed E-state index contributed by atoms with van der Waals surface area (Å²) < 4.78 is 33.1. The van der Waals surface area contributed by atoms with Gasteiger partial charge in [0.25, 0.3) is 0 Å². The number of rotatable bonds is 6. The first-order chi connectivity index (χ1) is 12.3. The third kappa shape index (κ3) is 3.87. The zero-order chi connectivity index (χ0) is 18.9. The number of sulfonamides is 1. The molecular formula is C18H27N3O4S. The van der Waals surface area contributed by atoms with Crippen LogP contribution in [0.3, 0.4) is 0 Å². The van der Waals surface area contributed by atoms with Crippen molar-refractivity contribution in [1.82, 2.24) is 14.9 Å². The van der Waals surface area contributed by atoms with Gasteiger partial charge in [-0.15, -0.1) is 0 Å². The molecule has 8 heteroatoms. The molecule has 1 amide bonds. The van der Waals surface area contributed by atoms with E-state index in [2.05, 4.69) is 10.0 Å². The summed E-state index contributed by atoms with van der Waals surface area (Å²) in [5.74, 6) is 1.26. The van der Waals surface area contributed by atoms with E-state index in [-0.39, 0.29) is 16.7 Å². The Labute approximate surface area is 155 Å². The van der Waals surface area contributed by atoms with Gasteiger partial charge >= 0.3 is 0 Å². The van der Waals surface area contributed by atoms with Gasteiger partial charge in [-0.25, -0.2) is 8.42 Å². The summed E-state index contributed by atoms with van der Waals surface area (Å²) in [6, 6.07) is 5.38. The van der Waals surface area contributed by atoms with Crippen molar-refractivity contribution >= 4 is 15.9 Å². The minimum atomic E-state index is -3.79. The molecule has 3 rings (SSSR count). The molecule has 1 unspecified atom stereocenters. The van der Waals surface area contributed by atoms with Crippen LogP contribution in [0.2, 0.25) is 0 Å². The highest BCUT2D eigenvalue weighted by atomic mass is 32.2. The van der Waals surface area contributed by atoms with Crippen LogP contribution in [0, 0.1) is 17.8 Å². The van der Waals surface area contributed by atoms with Crippen molar-refractivity contribution in [3.05, 3.63) is 24.3 Å². The number of hydrogen-bond donors (Lipinski definition) is 2. The Hall–Kier alpha value is -1.64. The van der Waals surface area contributed by atoms with Crippen LogP contribution in [0.15, 0.2) is 29.2 Å². The van der Waals surface area contributed by atoms with Crippen LogP contribution >= 0.6 is 0 Å². The van der Waals surface area contributed by atoms with Crippen LogP contribution in [-0.2, 0) is 14.8 Å². The lowest BCUT2D eigenvalue weighted by molar-refractivity contribution is -0.133. The molecule has 0 bridgehead atoms. The summed E-state index contributed by atoms with van der Waals surface area (Å²) in [4.78, 5) is 14.9. The smallest absolute Gasteiger partial charge is 0.241 e. The Kier molecular flexibility index (Phi) is 5.55. The molecule has 0 spiro atoms. The van der Waals surface area contributed by atoms with Gasteiger partial charge in [-0.2, -0.15) is 4.72 Å². The van der Waals surface area contributed by atoms with E-state index >= 15 is 0 Å². The molecule has 144 valence electrons. The number of ether oxygens (including phenoxy) is 1. The number of benzene rings is 1. The van der Waals surface area contributed by atoms with E-state index in [1.165, 1.54) is 19.2 Å². The predicted octanol–water partition coefficient (Wildman–Crippen LogP) is 0.676. The first kappa shape index (κ1) is 19.1. The lowest BCUT2D eigenvalue weighted by Crippen LogP contribution is -2.51. The maximum atomic E-state index is 13.0. The number of carbonyl (C=O) groups is 1. The maximum Gasteiger partial charge on any atom is 0.241 e. The summed E-state index contributed by atoms with van der Waals surface area (Å²) in [5.41, 5.74) is 0. The molecular weight excluding hydrogens is 354 g/mol. The van der Waals surface area contributed by atoms with Crippen LogP contribution in [0.4, 0.5) is 0 Å². The number of fused-ring (bicyclic) bond motifs is 1. The lowest BCUT2D eigenvalue weighted by Gasteiger charge is -2.27. The molecule has 26 heavy (non-hydrogen) atoms. The first-order valence-corrected chi connectivity index (χ1v) is 10.5. The molecule has 1 aromatic carbocycles. The average Bonchev–Trinajstić information content (AvgIpc) is 3.21. The van der Waals surface area contributed by atoms with Crippen molar-refractivity contribution < 1.29 is 17.9 Å². The van der Waals surface area contributed by atoms with Crippen LogP contribution < -0.4 is 14.8 Å². The molecule has 2 N–H and O–H groups in total. The van der Waals surface area contributed by atoms with Gasteiger partial charge in [-0.05, 0) is 42.0 Å². The first-order valence-electron chi connectivity index (χ1n) is 8.97. The number of nitrogens with zero attached hydrogens (tertiary/aromatic N) is 1. The summed E-state index contributed by atoms with van der Waals surface area (Å²) in [5, 5.41) is 3.35. The van der Waals surface area contributed by atoms with Crippen molar-refractivity contribution in [1.29, 1.82) is 0 Å². The maximum absolute atomic E-state index is 13.0. The molecule has 0 aliphatic carbocycles. The summed E-state index contributed by atoms with van der Waals surface area (Å²) in [6.45, 7) is 6.97. The van der Waals surface area contributed by atoms with Gasteiger partial charge in [0, 0.05) is 26.2 Å². The van der Waals surface area contributed by atoms with Gasteiger partial charge in [0.15, 0.2) is 0 Å². The fraction of sp³-hybridized carbons (Fsp3) is 0.611. The number of nitrogens with one attached hydrogen (secondary N) is 2. The Morgan fingerprint density at radius 1 is 1.19 bits per heavy atom. The van der Waals surface area contributed by atoms with Crippen LogP contribution in [0.5, 0.6) is 5.75 Å². The fourth-order valence-electron chi connectivity index (χ4n) is 3.69. The summed E-state index contributed by atoms with van der Waals surface area (Å²) in [6.07, 6.45) is 0. The van der Waals surface area contributed by atoms with Crippen molar-refractivity contribution in [3.63, 3.8) is 0 Å². The van der Waals surface area contributed by atoms with Gasteiger partial charge in [-0.3, -0.25) is 4.79 Å². The number of methoxy groups -OCH3 is 1. The summed E-state index contributed by atoms with van der Waals surface area (Å²) in [7, 11) is -2.26. The van der Waals surface area contributed by atoms with Crippen LogP contribution in [-0.4, -0.2) is 58.6 Å². The van der Waals surface area contributed by atoms with E-state index in [9.17, 15) is 13.2 Å². The van der Waals surface area contributed by atoms with Crippen LogP contribution in [0.1, 0.15) is 13.8 Å².